The van der Waals surface area contributed by atoms with E-state index in [-0.39, 0.29) is 35.5 Å². The molecule has 0 aromatic heterocycles. The van der Waals surface area contributed by atoms with Crippen molar-refractivity contribution >= 4 is 35.4 Å². The zero-order valence-electron chi connectivity index (χ0n) is 20.6. The maximum atomic E-state index is 13.1. The van der Waals surface area contributed by atoms with Gasteiger partial charge in [-0.2, -0.15) is 0 Å². The molecule has 2 aliphatic heterocycles. The molecular formula is C26H26ClN5O5. The van der Waals surface area contributed by atoms with Crippen LogP contribution in [0.3, 0.4) is 0 Å². The van der Waals surface area contributed by atoms with Crippen molar-refractivity contribution in [3.63, 3.8) is 0 Å². The molecule has 0 bridgehead atoms. The average Bonchev–Trinajstić information content (AvgIpc) is 3.32. The zero-order valence-corrected chi connectivity index (χ0v) is 21.4. The highest BCUT2D eigenvalue weighted by Gasteiger charge is 2.48. The number of methoxy groups -OCH3 is 1. The van der Waals surface area contributed by atoms with Gasteiger partial charge in [0.25, 0.3) is 17.7 Å². The minimum atomic E-state index is -1.67. The molecule has 2 aliphatic rings. The molecule has 0 spiro atoms. The van der Waals surface area contributed by atoms with Crippen LogP contribution in [0.5, 0.6) is 5.75 Å². The van der Waals surface area contributed by atoms with E-state index in [1.165, 1.54) is 18.1 Å². The van der Waals surface area contributed by atoms with Crippen LogP contribution in [-0.2, 0) is 11.3 Å². The number of fused-ring (bicyclic) bond motifs is 1. The summed E-state index contributed by atoms with van der Waals surface area (Å²) in [5, 5.41) is 7.83. The van der Waals surface area contributed by atoms with Crippen molar-refractivity contribution in [3.05, 3.63) is 63.7 Å². The number of halogens is 1. The molecule has 10 nitrogen and oxygen atoms in total. The number of nitrogens with zero attached hydrogens (tertiary/aromatic N) is 2. The lowest BCUT2D eigenvalue weighted by atomic mass is 9.98. The Hall–Kier alpha value is -4.07. The highest BCUT2D eigenvalue weighted by molar-refractivity contribution is 6.33. The second kappa shape index (κ2) is 10.5. The number of carbonyl (C=O) groups excluding carboxylic acids is 4. The number of carbonyl (C=O) groups is 4. The SMILES string of the molecule is COc1ccc2c(c1)C(=O)N(C[C@@]1(C#Cc3ccc(Cl)c(C(=O)NCCN(C)C)c3)NC(=O)NC1=O)C2. The number of nitrogens with one attached hydrogen (secondary N) is 3. The smallest absolute Gasteiger partial charge is 0.323 e. The van der Waals surface area contributed by atoms with E-state index < -0.39 is 17.5 Å². The van der Waals surface area contributed by atoms with Gasteiger partial charge in [-0.25, -0.2) is 4.79 Å². The maximum Gasteiger partial charge on any atom is 0.323 e. The third kappa shape index (κ3) is 5.53. The number of rotatable bonds is 7. The van der Waals surface area contributed by atoms with E-state index in [0.717, 1.165) is 5.56 Å². The number of ether oxygens (including phenoxy) is 1. The van der Waals surface area contributed by atoms with Crippen molar-refractivity contribution in [1.82, 2.24) is 25.8 Å². The molecular weight excluding hydrogens is 498 g/mol. The summed E-state index contributed by atoms with van der Waals surface area (Å²) in [7, 11) is 5.31. The molecule has 2 aromatic carbocycles. The molecule has 1 atom stereocenters. The summed E-state index contributed by atoms with van der Waals surface area (Å²) in [5.74, 6) is 4.93. The minimum absolute atomic E-state index is 0.168. The number of imide groups is 1. The highest BCUT2D eigenvalue weighted by atomic mass is 35.5. The van der Waals surface area contributed by atoms with E-state index in [4.69, 9.17) is 16.3 Å². The Labute approximate surface area is 219 Å². The van der Waals surface area contributed by atoms with Gasteiger partial charge in [0.2, 0.25) is 5.54 Å². The van der Waals surface area contributed by atoms with Crippen LogP contribution in [0.4, 0.5) is 4.79 Å². The van der Waals surface area contributed by atoms with Gasteiger partial charge in [-0.3, -0.25) is 19.7 Å². The van der Waals surface area contributed by atoms with Crippen LogP contribution in [0.15, 0.2) is 36.4 Å². The van der Waals surface area contributed by atoms with Crippen LogP contribution in [0.25, 0.3) is 0 Å². The molecule has 0 saturated carbocycles. The van der Waals surface area contributed by atoms with Gasteiger partial charge in [-0.05, 0) is 50.0 Å². The number of amides is 5. The molecule has 2 heterocycles. The summed E-state index contributed by atoms with van der Waals surface area (Å²) in [6.07, 6.45) is 0. The Balaban J connectivity index is 1.59. The Morgan fingerprint density at radius 2 is 2.00 bits per heavy atom. The van der Waals surface area contributed by atoms with Crippen LogP contribution >= 0.6 is 11.6 Å². The Morgan fingerprint density at radius 1 is 1.22 bits per heavy atom. The van der Waals surface area contributed by atoms with E-state index in [0.29, 0.717) is 30.0 Å². The lowest BCUT2D eigenvalue weighted by Crippen LogP contribution is -2.54. The van der Waals surface area contributed by atoms with Crippen LogP contribution in [-0.4, -0.2) is 79.9 Å². The van der Waals surface area contributed by atoms with Crippen LogP contribution in [0.1, 0.15) is 31.8 Å². The lowest BCUT2D eigenvalue weighted by Gasteiger charge is -2.26. The fraction of sp³-hybridized carbons (Fsp3) is 0.308. The number of hydrogen-bond donors (Lipinski definition) is 3. The van der Waals surface area contributed by atoms with Crippen molar-refractivity contribution in [1.29, 1.82) is 0 Å². The first-order chi connectivity index (χ1) is 17.6. The third-order valence-electron chi connectivity index (χ3n) is 6.04. The molecule has 2 aromatic rings. The number of urea groups is 1. The Morgan fingerprint density at radius 3 is 2.68 bits per heavy atom. The molecule has 0 unspecified atom stereocenters. The molecule has 192 valence electrons. The van der Waals surface area contributed by atoms with E-state index in [1.807, 2.05) is 19.0 Å². The lowest BCUT2D eigenvalue weighted by molar-refractivity contribution is -0.122. The first kappa shape index (κ1) is 26.0. The summed E-state index contributed by atoms with van der Waals surface area (Å²) in [6.45, 7) is 1.18. The van der Waals surface area contributed by atoms with Gasteiger partial charge in [0.1, 0.15) is 5.75 Å². The van der Waals surface area contributed by atoms with Gasteiger partial charge < -0.3 is 25.2 Å². The monoisotopic (exact) mass is 523 g/mol. The van der Waals surface area contributed by atoms with E-state index in [2.05, 4.69) is 27.8 Å². The fourth-order valence-corrected chi connectivity index (χ4v) is 4.26. The van der Waals surface area contributed by atoms with Gasteiger partial charge in [0.05, 0.1) is 24.2 Å². The first-order valence-electron chi connectivity index (χ1n) is 11.5. The molecule has 11 heteroatoms. The molecule has 37 heavy (non-hydrogen) atoms. The Bertz CT molecular complexity index is 1350. The summed E-state index contributed by atoms with van der Waals surface area (Å²) in [5.41, 5.74) is 0.222. The molecule has 3 N–H and O–H groups in total. The normalized spacial score (nSPS) is 18.2. The fourth-order valence-electron chi connectivity index (χ4n) is 4.06. The van der Waals surface area contributed by atoms with Crippen molar-refractivity contribution in [2.45, 2.75) is 12.1 Å². The van der Waals surface area contributed by atoms with Crippen LogP contribution in [0.2, 0.25) is 5.02 Å². The second-order valence-electron chi connectivity index (χ2n) is 9.00. The number of hydrogen-bond acceptors (Lipinski definition) is 6. The number of benzene rings is 2. The topological polar surface area (TPSA) is 120 Å². The van der Waals surface area contributed by atoms with Crippen molar-refractivity contribution in [2.24, 2.45) is 0 Å². The molecule has 5 amide bonds. The Kier molecular flexibility index (Phi) is 7.38. The van der Waals surface area contributed by atoms with Gasteiger partial charge in [0.15, 0.2) is 0 Å². The van der Waals surface area contributed by atoms with Crippen molar-refractivity contribution < 1.29 is 23.9 Å². The third-order valence-corrected chi connectivity index (χ3v) is 6.37. The van der Waals surface area contributed by atoms with Gasteiger partial charge in [-0.1, -0.05) is 29.5 Å². The summed E-state index contributed by atoms with van der Waals surface area (Å²) in [6, 6.07) is 9.15. The van der Waals surface area contributed by atoms with E-state index in [1.54, 1.807) is 30.3 Å². The van der Waals surface area contributed by atoms with Gasteiger partial charge in [-0.15, -0.1) is 0 Å². The van der Waals surface area contributed by atoms with Crippen molar-refractivity contribution in [2.75, 3.05) is 40.8 Å². The quantitative estimate of drug-likeness (QED) is 0.371. The van der Waals surface area contributed by atoms with E-state index >= 15 is 0 Å². The zero-order chi connectivity index (χ0) is 26.7. The number of likely N-dealkylation sites (N-methyl/N-ethyl adjacent to an activating group) is 1. The summed E-state index contributed by atoms with van der Waals surface area (Å²) >= 11 is 6.23. The summed E-state index contributed by atoms with van der Waals surface area (Å²) in [4.78, 5) is 54.0. The van der Waals surface area contributed by atoms with Crippen LogP contribution in [0, 0.1) is 11.8 Å². The van der Waals surface area contributed by atoms with Crippen molar-refractivity contribution in [3.8, 4) is 17.6 Å². The second-order valence-corrected chi connectivity index (χ2v) is 9.41. The van der Waals surface area contributed by atoms with E-state index in [9.17, 15) is 19.2 Å². The highest BCUT2D eigenvalue weighted by Crippen LogP contribution is 2.28. The first-order valence-corrected chi connectivity index (χ1v) is 11.8. The largest absolute Gasteiger partial charge is 0.497 e. The average molecular weight is 524 g/mol. The van der Waals surface area contributed by atoms with Gasteiger partial charge in [0, 0.05) is 30.8 Å². The molecule has 0 aliphatic carbocycles. The molecule has 0 radical (unpaired) electrons. The molecule has 1 fully saturated rings. The summed E-state index contributed by atoms with van der Waals surface area (Å²) < 4.78 is 5.21. The maximum absolute atomic E-state index is 13.1. The van der Waals surface area contributed by atoms with Crippen LogP contribution < -0.4 is 20.7 Å². The van der Waals surface area contributed by atoms with Gasteiger partial charge >= 0.3 is 6.03 Å². The predicted molar refractivity (Wildman–Crippen MR) is 136 cm³/mol. The molecule has 1 saturated heterocycles. The predicted octanol–water partition coefficient (Wildman–Crippen LogP) is 1.23. The minimum Gasteiger partial charge on any atom is -0.497 e. The standard InChI is InChI=1S/C26H26ClN5O5/c1-31(2)11-10-28-22(33)20-12-16(4-7-21(20)27)8-9-26(24(35)29-25(36)30-26)15-32-14-17-5-6-18(37-3)13-19(17)23(32)34/h4-7,12-13H,10-11,14-15H2,1-3H3,(H,28,33)(H2,29,30,35,36)/t26-/m1/s1. The molecule has 4 rings (SSSR count).